The minimum atomic E-state index is -0.645. The van der Waals surface area contributed by atoms with Gasteiger partial charge >= 0.3 is 5.69 Å². The molecular formula is C19H23FN4O2. The van der Waals surface area contributed by atoms with Crippen LogP contribution in [0.3, 0.4) is 0 Å². The van der Waals surface area contributed by atoms with E-state index >= 15 is 0 Å². The van der Waals surface area contributed by atoms with E-state index in [4.69, 9.17) is 0 Å². The van der Waals surface area contributed by atoms with Gasteiger partial charge in [-0.2, -0.15) is 4.98 Å². The van der Waals surface area contributed by atoms with Crippen molar-refractivity contribution in [2.24, 2.45) is 5.41 Å². The summed E-state index contributed by atoms with van der Waals surface area (Å²) < 4.78 is 15.5. The fraction of sp³-hybridized carbons (Fsp3) is 0.421. The molecule has 1 aliphatic rings. The molecule has 1 saturated heterocycles. The summed E-state index contributed by atoms with van der Waals surface area (Å²) in [5, 5.41) is 6.00. The second-order valence-corrected chi connectivity index (χ2v) is 6.88. The van der Waals surface area contributed by atoms with Crippen LogP contribution >= 0.6 is 0 Å². The number of rotatable bonds is 6. The van der Waals surface area contributed by atoms with Gasteiger partial charge in [-0.15, -0.1) is 0 Å². The molecule has 6 nitrogen and oxygen atoms in total. The van der Waals surface area contributed by atoms with Crippen molar-refractivity contribution in [2.75, 3.05) is 19.6 Å². The highest BCUT2D eigenvalue weighted by atomic mass is 19.1. The number of carbonyl (C=O) groups excluding carboxylic acids is 1. The van der Waals surface area contributed by atoms with Gasteiger partial charge in [0, 0.05) is 37.6 Å². The fourth-order valence-electron chi connectivity index (χ4n) is 3.31. The van der Waals surface area contributed by atoms with Gasteiger partial charge in [0.1, 0.15) is 5.82 Å². The van der Waals surface area contributed by atoms with Gasteiger partial charge < -0.3 is 10.6 Å². The van der Waals surface area contributed by atoms with Crippen LogP contribution in [-0.2, 0) is 17.8 Å². The second kappa shape index (κ2) is 7.37. The molecule has 0 bridgehead atoms. The molecule has 1 aromatic heterocycles. The maximum absolute atomic E-state index is 13.9. The largest absolute Gasteiger partial charge is 0.354 e. The number of aromatic nitrogens is 2. The first kappa shape index (κ1) is 18.3. The van der Waals surface area contributed by atoms with Gasteiger partial charge in [-0.25, -0.2) is 9.18 Å². The van der Waals surface area contributed by atoms with E-state index in [1.807, 2.05) is 13.0 Å². The Bertz CT molecular complexity index is 874. The average molecular weight is 358 g/mol. The topological polar surface area (TPSA) is 76.0 Å². The van der Waals surface area contributed by atoms with Crippen molar-refractivity contribution >= 4 is 5.91 Å². The summed E-state index contributed by atoms with van der Waals surface area (Å²) in [6, 6.07) is 8.37. The summed E-state index contributed by atoms with van der Waals surface area (Å²) in [7, 11) is 0. The number of halogens is 1. The Kier molecular flexibility index (Phi) is 5.18. The van der Waals surface area contributed by atoms with Crippen LogP contribution in [-0.4, -0.2) is 35.1 Å². The van der Waals surface area contributed by atoms with E-state index in [9.17, 15) is 14.0 Å². The summed E-state index contributed by atoms with van der Waals surface area (Å²) in [5.74, 6) is -0.412. The van der Waals surface area contributed by atoms with Gasteiger partial charge in [-0.3, -0.25) is 9.36 Å². The van der Waals surface area contributed by atoms with Crippen LogP contribution < -0.4 is 16.3 Å². The van der Waals surface area contributed by atoms with Crippen LogP contribution in [0, 0.1) is 25.1 Å². The molecule has 0 aliphatic carbocycles. The second-order valence-electron chi connectivity index (χ2n) is 6.88. The highest BCUT2D eigenvalue weighted by Gasteiger charge is 2.44. The molecular weight excluding hydrogens is 335 g/mol. The van der Waals surface area contributed by atoms with Crippen molar-refractivity contribution < 1.29 is 9.18 Å². The molecule has 1 aliphatic heterocycles. The molecule has 3 rings (SSSR count). The molecule has 7 heteroatoms. The zero-order valence-electron chi connectivity index (χ0n) is 15.0. The number of hydrogen-bond donors (Lipinski definition) is 2. The molecule has 1 amide bonds. The van der Waals surface area contributed by atoms with Crippen molar-refractivity contribution in [3.8, 4) is 0 Å². The third-order valence-corrected chi connectivity index (χ3v) is 4.86. The number of amides is 1. The minimum absolute atomic E-state index is 0.120. The monoisotopic (exact) mass is 358 g/mol. The summed E-state index contributed by atoms with van der Waals surface area (Å²) in [6.07, 6.45) is 0.351. The number of aryl methyl sites for hydroxylation is 2. The normalized spacial score (nSPS) is 15.3. The quantitative estimate of drug-likeness (QED) is 0.806. The Hall–Kier alpha value is -2.54. The molecule has 0 atom stereocenters. The summed E-state index contributed by atoms with van der Waals surface area (Å²) >= 11 is 0. The maximum atomic E-state index is 13.9. The Morgan fingerprint density at radius 3 is 2.69 bits per heavy atom. The Labute approximate surface area is 151 Å². The lowest BCUT2D eigenvalue weighted by Crippen LogP contribution is -2.62. The lowest BCUT2D eigenvalue weighted by molar-refractivity contribution is -0.134. The molecule has 1 aromatic carbocycles. The zero-order valence-corrected chi connectivity index (χ0v) is 15.0. The third kappa shape index (κ3) is 3.67. The molecule has 2 heterocycles. The molecule has 0 radical (unpaired) electrons. The first-order chi connectivity index (χ1) is 12.4. The number of carbonyl (C=O) groups is 1. The van der Waals surface area contributed by atoms with Crippen LogP contribution in [0.1, 0.15) is 17.0 Å². The number of benzene rings is 1. The van der Waals surface area contributed by atoms with E-state index in [1.54, 1.807) is 25.1 Å². The van der Waals surface area contributed by atoms with Gasteiger partial charge in [0.2, 0.25) is 5.91 Å². The molecule has 2 N–H and O–H groups in total. The van der Waals surface area contributed by atoms with Gasteiger partial charge in [-0.1, -0.05) is 18.2 Å². The Morgan fingerprint density at radius 2 is 2.08 bits per heavy atom. The van der Waals surface area contributed by atoms with Crippen LogP contribution in [0.25, 0.3) is 0 Å². The number of nitrogens with zero attached hydrogens (tertiary/aromatic N) is 2. The molecule has 2 aromatic rings. The average Bonchev–Trinajstić information content (AvgIpc) is 2.54. The highest BCUT2D eigenvalue weighted by molar-refractivity contribution is 5.84. The van der Waals surface area contributed by atoms with Crippen LogP contribution in [0.5, 0.6) is 0 Å². The summed E-state index contributed by atoms with van der Waals surface area (Å²) in [4.78, 5) is 28.6. The highest BCUT2D eigenvalue weighted by Crippen LogP contribution is 2.29. The van der Waals surface area contributed by atoms with Crippen LogP contribution in [0.4, 0.5) is 4.39 Å². The van der Waals surface area contributed by atoms with Crippen LogP contribution in [0.2, 0.25) is 0 Å². The van der Waals surface area contributed by atoms with Crippen molar-refractivity contribution in [2.45, 2.75) is 26.8 Å². The standard InChI is InChI=1S/C19H23FN4O2/c1-13-9-14(2)24(18(26)23-13)8-7-22-17(25)19(11-21-12-19)10-15-5-3-4-6-16(15)20/h3-6,9,21H,7-8,10-12H2,1-2H3,(H,22,25). The van der Waals surface area contributed by atoms with Gasteiger partial charge in [-0.05, 0) is 38.0 Å². The molecule has 0 spiro atoms. The smallest absolute Gasteiger partial charge is 0.348 e. The molecule has 0 saturated carbocycles. The Morgan fingerprint density at radius 1 is 1.35 bits per heavy atom. The van der Waals surface area contributed by atoms with E-state index in [-0.39, 0.29) is 17.4 Å². The minimum Gasteiger partial charge on any atom is -0.354 e. The first-order valence-corrected chi connectivity index (χ1v) is 8.69. The maximum Gasteiger partial charge on any atom is 0.348 e. The SMILES string of the molecule is Cc1cc(C)n(CCNC(=O)C2(Cc3ccccc3F)CNC2)c(=O)n1. The molecule has 1 fully saturated rings. The van der Waals surface area contributed by atoms with E-state index in [0.29, 0.717) is 43.9 Å². The third-order valence-electron chi connectivity index (χ3n) is 4.86. The van der Waals surface area contributed by atoms with Crippen molar-refractivity contribution in [1.29, 1.82) is 0 Å². The summed E-state index contributed by atoms with van der Waals surface area (Å²) in [6.45, 7) is 5.32. The van der Waals surface area contributed by atoms with E-state index < -0.39 is 5.41 Å². The number of nitrogens with one attached hydrogen (secondary N) is 2. The van der Waals surface area contributed by atoms with Crippen LogP contribution in [0.15, 0.2) is 35.1 Å². The van der Waals surface area contributed by atoms with E-state index in [2.05, 4.69) is 15.6 Å². The van der Waals surface area contributed by atoms with Gasteiger partial charge in [0.25, 0.3) is 0 Å². The van der Waals surface area contributed by atoms with E-state index in [0.717, 1.165) is 5.69 Å². The zero-order chi connectivity index (χ0) is 18.7. The molecule has 26 heavy (non-hydrogen) atoms. The predicted molar refractivity (Wildman–Crippen MR) is 96.4 cm³/mol. The van der Waals surface area contributed by atoms with Gasteiger partial charge in [0.15, 0.2) is 0 Å². The Balaban J connectivity index is 1.64. The summed E-state index contributed by atoms with van der Waals surface area (Å²) in [5.41, 5.74) is 1.07. The number of hydrogen-bond acceptors (Lipinski definition) is 4. The predicted octanol–water partition coefficient (Wildman–Crippen LogP) is 0.948. The first-order valence-electron chi connectivity index (χ1n) is 8.69. The van der Waals surface area contributed by atoms with Crippen molar-refractivity contribution in [3.63, 3.8) is 0 Å². The fourth-order valence-corrected chi connectivity index (χ4v) is 3.31. The van der Waals surface area contributed by atoms with E-state index in [1.165, 1.54) is 10.6 Å². The van der Waals surface area contributed by atoms with Crippen molar-refractivity contribution in [1.82, 2.24) is 20.2 Å². The lowest BCUT2D eigenvalue weighted by atomic mass is 9.75. The molecule has 0 unspecified atom stereocenters. The van der Waals surface area contributed by atoms with Gasteiger partial charge in [0.05, 0.1) is 5.41 Å². The molecule has 138 valence electrons. The lowest BCUT2D eigenvalue weighted by Gasteiger charge is -2.41. The van der Waals surface area contributed by atoms with Crippen molar-refractivity contribution in [3.05, 3.63) is 63.6 Å².